The normalized spacial score (nSPS) is 11.9. The number of aromatic amines is 1. The Morgan fingerprint density at radius 1 is 1.55 bits per heavy atom. The average Bonchev–Trinajstić information content (AvgIpc) is 2.94. The lowest BCUT2D eigenvalue weighted by Gasteiger charge is -2.14. The van der Waals surface area contributed by atoms with E-state index in [4.69, 9.17) is 10.5 Å². The topological polar surface area (TPSA) is 106 Å². The molecule has 2 heterocycles. The van der Waals surface area contributed by atoms with Crippen LogP contribution in [-0.4, -0.2) is 39.3 Å². The van der Waals surface area contributed by atoms with E-state index in [0.717, 1.165) is 5.56 Å². The smallest absolute Gasteiger partial charge is 0.196 e. The standard InChI is InChI=1S/C12H17N7O/c1-8(2)20-11-10(9-4-17-18-5-9)16-7-19(14-3)12(11)15-6-13/h4-5,7-8H,3,6,13H2,1-2H3,(H,17,18)/b15-12-. The Kier molecular flexibility index (Phi) is 4.26. The summed E-state index contributed by atoms with van der Waals surface area (Å²) in [6, 6.07) is 0. The number of H-pyrrole nitrogens is 1. The summed E-state index contributed by atoms with van der Waals surface area (Å²) < 4.78 is 7.26. The lowest BCUT2D eigenvalue weighted by Crippen LogP contribution is -2.25. The molecule has 0 saturated carbocycles. The molecule has 2 aromatic rings. The molecule has 0 spiro atoms. The Balaban J connectivity index is 2.72. The van der Waals surface area contributed by atoms with E-state index in [1.165, 1.54) is 11.0 Å². The third-order valence-corrected chi connectivity index (χ3v) is 2.45. The molecule has 0 aromatic carbocycles. The van der Waals surface area contributed by atoms with Crippen LogP contribution in [-0.2, 0) is 0 Å². The van der Waals surface area contributed by atoms with E-state index < -0.39 is 0 Å². The van der Waals surface area contributed by atoms with Crippen molar-refractivity contribution in [2.24, 2.45) is 15.8 Å². The number of hydrogen-bond acceptors (Lipinski definition) is 6. The van der Waals surface area contributed by atoms with Crippen molar-refractivity contribution in [3.8, 4) is 17.0 Å². The molecule has 0 atom stereocenters. The second kappa shape index (κ2) is 6.11. The molecule has 0 aliphatic rings. The molecule has 3 N–H and O–H groups in total. The van der Waals surface area contributed by atoms with Crippen LogP contribution in [0.15, 0.2) is 28.8 Å². The van der Waals surface area contributed by atoms with Gasteiger partial charge in [-0.1, -0.05) is 0 Å². The first kappa shape index (κ1) is 13.9. The van der Waals surface area contributed by atoms with Gasteiger partial charge in [-0.3, -0.25) is 5.10 Å². The number of nitrogens with two attached hydrogens (primary N) is 1. The van der Waals surface area contributed by atoms with Crippen LogP contribution < -0.4 is 16.0 Å². The monoisotopic (exact) mass is 275 g/mol. The maximum atomic E-state index is 5.83. The van der Waals surface area contributed by atoms with Crippen LogP contribution in [0.5, 0.6) is 5.75 Å². The van der Waals surface area contributed by atoms with Gasteiger partial charge in [-0.2, -0.15) is 10.2 Å². The SMILES string of the molecule is C=Nn1cnc(-c2cn[nH]c2)c(OC(C)C)/c1=N/CN. The fourth-order valence-electron chi connectivity index (χ4n) is 1.70. The summed E-state index contributed by atoms with van der Waals surface area (Å²) in [4.78, 5) is 8.54. The van der Waals surface area contributed by atoms with Gasteiger partial charge >= 0.3 is 0 Å². The lowest BCUT2D eigenvalue weighted by atomic mass is 10.2. The van der Waals surface area contributed by atoms with Crippen LogP contribution in [0, 0.1) is 0 Å². The minimum Gasteiger partial charge on any atom is -0.485 e. The summed E-state index contributed by atoms with van der Waals surface area (Å²) in [6.07, 6.45) is 4.85. The maximum Gasteiger partial charge on any atom is 0.196 e. The van der Waals surface area contributed by atoms with Gasteiger partial charge in [0.2, 0.25) is 0 Å². The van der Waals surface area contributed by atoms with Crippen LogP contribution in [0.1, 0.15) is 13.8 Å². The molecule has 0 bridgehead atoms. The number of nitrogens with one attached hydrogen (secondary N) is 1. The van der Waals surface area contributed by atoms with Gasteiger partial charge in [0.1, 0.15) is 12.0 Å². The van der Waals surface area contributed by atoms with Crippen molar-refractivity contribution in [2.45, 2.75) is 20.0 Å². The summed E-state index contributed by atoms with van der Waals surface area (Å²) >= 11 is 0. The van der Waals surface area contributed by atoms with E-state index in [1.807, 2.05) is 13.8 Å². The number of ether oxygens (including phenoxy) is 1. The van der Waals surface area contributed by atoms with Gasteiger partial charge in [0.25, 0.3) is 0 Å². The summed E-state index contributed by atoms with van der Waals surface area (Å²) in [6.45, 7) is 7.44. The lowest BCUT2D eigenvalue weighted by molar-refractivity contribution is 0.236. The maximum absolute atomic E-state index is 5.83. The molecule has 0 unspecified atom stereocenters. The highest BCUT2D eigenvalue weighted by Crippen LogP contribution is 2.24. The fourth-order valence-corrected chi connectivity index (χ4v) is 1.70. The first-order valence-electron chi connectivity index (χ1n) is 6.12. The largest absolute Gasteiger partial charge is 0.485 e. The number of aromatic nitrogens is 4. The average molecular weight is 275 g/mol. The second-order valence-corrected chi connectivity index (χ2v) is 4.23. The van der Waals surface area contributed by atoms with E-state index in [-0.39, 0.29) is 12.8 Å². The summed E-state index contributed by atoms with van der Waals surface area (Å²) in [7, 11) is 0. The van der Waals surface area contributed by atoms with Crippen molar-refractivity contribution < 1.29 is 4.74 Å². The van der Waals surface area contributed by atoms with Gasteiger partial charge in [0.15, 0.2) is 11.2 Å². The van der Waals surface area contributed by atoms with Crippen LogP contribution in [0.25, 0.3) is 11.3 Å². The Morgan fingerprint density at radius 3 is 2.90 bits per heavy atom. The van der Waals surface area contributed by atoms with Crippen LogP contribution in [0.2, 0.25) is 0 Å². The van der Waals surface area contributed by atoms with Crippen LogP contribution in [0.3, 0.4) is 0 Å². The Morgan fingerprint density at radius 2 is 2.35 bits per heavy atom. The van der Waals surface area contributed by atoms with E-state index in [1.54, 1.807) is 12.4 Å². The molecule has 20 heavy (non-hydrogen) atoms. The van der Waals surface area contributed by atoms with E-state index >= 15 is 0 Å². The molecule has 0 amide bonds. The third kappa shape index (κ3) is 2.75. The molecule has 0 fully saturated rings. The summed E-state index contributed by atoms with van der Waals surface area (Å²) in [5, 5.41) is 10.5. The molecule has 0 aliphatic heterocycles. The second-order valence-electron chi connectivity index (χ2n) is 4.23. The van der Waals surface area contributed by atoms with Crippen molar-refractivity contribution in [1.82, 2.24) is 19.9 Å². The van der Waals surface area contributed by atoms with Gasteiger partial charge < -0.3 is 10.5 Å². The van der Waals surface area contributed by atoms with E-state index in [0.29, 0.717) is 16.9 Å². The summed E-state index contributed by atoms with van der Waals surface area (Å²) in [5.41, 5.74) is 7.41. The zero-order chi connectivity index (χ0) is 14.5. The first-order chi connectivity index (χ1) is 9.67. The predicted molar refractivity (Wildman–Crippen MR) is 75.1 cm³/mol. The Hall–Kier alpha value is -2.48. The van der Waals surface area contributed by atoms with Gasteiger partial charge in [0, 0.05) is 18.5 Å². The quantitative estimate of drug-likeness (QED) is 0.767. The molecule has 8 nitrogen and oxygen atoms in total. The van der Waals surface area contributed by atoms with Crippen LogP contribution in [0.4, 0.5) is 0 Å². The zero-order valence-corrected chi connectivity index (χ0v) is 11.4. The highest BCUT2D eigenvalue weighted by Gasteiger charge is 2.15. The van der Waals surface area contributed by atoms with E-state index in [9.17, 15) is 0 Å². The third-order valence-electron chi connectivity index (χ3n) is 2.45. The predicted octanol–water partition coefficient (Wildman–Crippen LogP) is 0.341. The Labute approximate surface area is 116 Å². The van der Waals surface area contributed by atoms with E-state index in [2.05, 4.69) is 32.0 Å². The first-order valence-corrected chi connectivity index (χ1v) is 6.12. The molecule has 8 heteroatoms. The molecular weight excluding hydrogens is 258 g/mol. The number of nitrogens with zero attached hydrogens (tertiary/aromatic N) is 5. The molecule has 0 radical (unpaired) electrons. The van der Waals surface area contributed by atoms with Crippen molar-refractivity contribution >= 4 is 6.72 Å². The highest BCUT2D eigenvalue weighted by molar-refractivity contribution is 5.63. The molecule has 106 valence electrons. The number of hydrogen-bond donors (Lipinski definition) is 2. The van der Waals surface area contributed by atoms with Gasteiger partial charge in [0.05, 0.1) is 19.0 Å². The number of rotatable bonds is 5. The van der Waals surface area contributed by atoms with Gasteiger partial charge in [-0.25, -0.2) is 14.7 Å². The molecule has 2 rings (SSSR count). The molecular formula is C12H17N7O. The Bertz CT molecular complexity index is 642. The van der Waals surface area contributed by atoms with Crippen molar-refractivity contribution in [3.63, 3.8) is 0 Å². The minimum atomic E-state index is -0.0464. The van der Waals surface area contributed by atoms with Crippen molar-refractivity contribution in [2.75, 3.05) is 6.67 Å². The molecule has 2 aromatic heterocycles. The zero-order valence-electron chi connectivity index (χ0n) is 11.4. The molecule has 0 saturated heterocycles. The fraction of sp³-hybridized carbons (Fsp3) is 0.333. The van der Waals surface area contributed by atoms with Crippen LogP contribution >= 0.6 is 0 Å². The minimum absolute atomic E-state index is 0.0464. The molecule has 0 aliphatic carbocycles. The summed E-state index contributed by atoms with van der Waals surface area (Å²) in [5.74, 6) is 0.502. The van der Waals surface area contributed by atoms with Crippen molar-refractivity contribution in [3.05, 3.63) is 24.2 Å². The van der Waals surface area contributed by atoms with Gasteiger partial charge in [-0.15, -0.1) is 0 Å². The highest BCUT2D eigenvalue weighted by atomic mass is 16.5. The van der Waals surface area contributed by atoms with Gasteiger partial charge in [-0.05, 0) is 13.8 Å². The van der Waals surface area contributed by atoms with Crippen molar-refractivity contribution in [1.29, 1.82) is 0 Å².